The quantitative estimate of drug-likeness (QED) is 0.896. The van der Waals surface area contributed by atoms with Gasteiger partial charge in [0.25, 0.3) is 10.0 Å². The lowest BCUT2D eigenvalue weighted by Gasteiger charge is -2.08. The number of sulfonamides is 1. The maximum absolute atomic E-state index is 12.0. The minimum absolute atomic E-state index is 0.158. The zero-order chi connectivity index (χ0) is 12.3. The van der Waals surface area contributed by atoms with Crippen molar-refractivity contribution in [1.82, 2.24) is 9.97 Å². The second-order valence-electron chi connectivity index (χ2n) is 3.41. The number of hydrogen-bond acceptors (Lipinski definition) is 4. The van der Waals surface area contributed by atoms with E-state index >= 15 is 0 Å². The summed E-state index contributed by atoms with van der Waals surface area (Å²) in [7, 11) is -3.62. The Morgan fingerprint density at radius 2 is 1.82 bits per heavy atom. The van der Waals surface area contributed by atoms with Crippen LogP contribution in [0.1, 0.15) is 5.69 Å². The summed E-state index contributed by atoms with van der Waals surface area (Å²) in [5.74, 6) is 0.288. The lowest BCUT2D eigenvalue weighted by Crippen LogP contribution is -2.15. The number of anilines is 1. The molecule has 0 saturated heterocycles. The highest BCUT2D eigenvalue weighted by atomic mass is 32.2. The number of aryl methyl sites for hydroxylation is 1. The van der Waals surface area contributed by atoms with Gasteiger partial charge in [0, 0.05) is 12.4 Å². The molecule has 0 unspecified atom stereocenters. The summed E-state index contributed by atoms with van der Waals surface area (Å²) in [5, 5.41) is 0. The number of nitrogens with one attached hydrogen (secondary N) is 1. The van der Waals surface area contributed by atoms with Gasteiger partial charge in [-0.1, -0.05) is 6.07 Å². The van der Waals surface area contributed by atoms with E-state index in [1.165, 1.54) is 12.3 Å². The third-order valence-electron chi connectivity index (χ3n) is 2.15. The van der Waals surface area contributed by atoms with Gasteiger partial charge in [0.15, 0.2) is 0 Å². The Morgan fingerprint density at radius 3 is 2.47 bits per heavy atom. The summed E-state index contributed by atoms with van der Waals surface area (Å²) in [6.45, 7) is 1.65. The van der Waals surface area contributed by atoms with Crippen LogP contribution in [0.4, 0.5) is 5.82 Å². The molecule has 2 aromatic rings. The zero-order valence-corrected chi connectivity index (χ0v) is 9.98. The summed E-state index contributed by atoms with van der Waals surface area (Å²) in [5.41, 5.74) is 0.455. The molecule has 17 heavy (non-hydrogen) atoms. The minimum atomic E-state index is -3.62. The predicted molar refractivity (Wildman–Crippen MR) is 64.0 cm³/mol. The van der Waals surface area contributed by atoms with E-state index in [1.807, 2.05) is 0 Å². The van der Waals surface area contributed by atoms with Crippen LogP contribution < -0.4 is 4.72 Å². The average Bonchev–Trinajstić information content (AvgIpc) is 2.30. The highest BCUT2D eigenvalue weighted by Gasteiger charge is 2.17. The first kappa shape index (κ1) is 11.5. The summed E-state index contributed by atoms with van der Waals surface area (Å²) in [4.78, 5) is 8.01. The Bertz CT molecular complexity index is 612. The van der Waals surface area contributed by atoms with Gasteiger partial charge >= 0.3 is 0 Å². The van der Waals surface area contributed by atoms with E-state index in [1.54, 1.807) is 37.4 Å². The molecule has 2 heterocycles. The molecule has 1 N–H and O–H groups in total. The molecule has 88 valence electrons. The van der Waals surface area contributed by atoms with Crippen LogP contribution in [0.3, 0.4) is 0 Å². The van der Waals surface area contributed by atoms with Crippen LogP contribution in [0.25, 0.3) is 0 Å². The first-order valence-corrected chi connectivity index (χ1v) is 6.43. The van der Waals surface area contributed by atoms with Crippen LogP contribution in [0.5, 0.6) is 0 Å². The molecule has 0 fully saturated rings. The summed E-state index contributed by atoms with van der Waals surface area (Å²) in [6, 6.07) is 8.10. The van der Waals surface area contributed by atoms with Crippen molar-refractivity contribution < 1.29 is 8.42 Å². The van der Waals surface area contributed by atoms with Gasteiger partial charge in [-0.05, 0) is 31.2 Å². The van der Waals surface area contributed by atoms with Gasteiger partial charge in [0.2, 0.25) is 0 Å². The van der Waals surface area contributed by atoms with Gasteiger partial charge in [0.05, 0.1) is 5.69 Å². The Labute approximate surface area is 99.6 Å². The van der Waals surface area contributed by atoms with E-state index in [0.717, 1.165) is 0 Å². The molecule has 0 atom stereocenters. The lowest BCUT2D eigenvalue weighted by molar-refractivity contribution is 0.600. The maximum atomic E-state index is 12.0. The molecular formula is C11H11N3O2S. The molecule has 0 saturated carbocycles. The molecule has 0 bridgehead atoms. The topological polar surface area (TPSA) is 72.0 Å². The van der Waals surface area contributed by atoms with Gasteiger partial charge in [-0.25, -0.2) is 13.4 Å². The Kier molecular flexibility index (Phi) is 3.06. The highest BCUT2D eigenvalue weighted by Crippen LogP contribution is 2.15. The van der Waals surface area contributed by atoms with Crippen molar-refractivity contribution in [2.75, 3.05) is 4.72 Å². The molecule has 2 aromatic heterocycles. The van der Waals surface area contributed by atoms with Crippen molar-refractivity contribution in [2.24, 2.45) is 0 Å². The summed E-state index contributed by atoms with van der Waals surface area (Å²) < 4.78 is 26.5. The standard InChI is InChI=1S/C11H11N3O2S/c1-9-10(5-4-8-12-9)17(15,16)14-11-6-2-3-7-13-11/h2-8H,1H3,(H,13,14). The number of hydrogen-bond donors (Lipinski definition) is 1. The minimum Gasteiger partial charge on any atom is -0.263 e. The van der Waals surface area contributed by atoms with Crippen LogP contribution in [0.15, 0.2) is 47.6 Å². The first-order chi connectivity index (χ1) is 8.09. The van der Waals surface area contributed by atoms with Crippen LogP contribution in [0, 0.1) is 6.92 Å². The Hall–Kier alpha value is -1.95. The molecular weight excluding hydrogens is 238 g/mol. The van der Waals surface area contributed by atoms with Crippen LogP contribution in [-0.4, -0.2) is 18.4 Å². The Morgan fingerprint density at radius 1 is 1.06 bits per heavy atom. The van der Waals surface area contributed by atoms with Crippen molar-refractivity contribution in [3.63, 3.8) is 0 Å². The summed E-state index contributed by atoms with van der Waals surface area (Å²) in [6.07, 6.45) is 3.07. The van der Waals surface area contributed by atoms with Crippen molar-refractivity contribution >= 4 is 15.8 Å². The van der Waals surface area contributed by atoms with Crippen LogP contribution >= 0.6 is 0 Å². The smallest absolute Gasteiger partial charge is 0.263 e. The van der Waals surface area contributed by atoms with Crippen molar-refractivity contribution in [2.45, 2.75) is 11.8 Å². The molecule has 0 aliphatic heterocycles. The normalized spacial score (nSPS) is 11.1. The number of nitrogens with zero attached hydrogens (tertiary/aromatic N) is 2. The fourth-order valence-corrected chi connectivity index (χ4v) is 2.57. The van der Waals surface area contributed by atoms with Crippen molar-refractivity contribution in [3.05, 3.63) is 48.4 Å². The molecule has 2 rings (SSSR count). The number of aromatic nitrogens is 2. The van der Waals surface area contributed by atoms with E-state index < -0.39 is 10.0 Å². The lowest BCUT2D eigenvalue weighted by atomic mass is 10.4. The first-order valence-electron chi connectivity index (χ1n) is 4.95. The monoisotopic (exact) mass is 249 g/mol. The van der Waals surface area contributed by atoms with Crippen LogP contribution in [-0.2, 0) is 10.0 Å². The van der Waals surface area contributed by atoms with E-state index in [4.69, 9.17) is 0 Å². The van der Waals surface area contributed by atoms with Gasteiger partial charge in [-0.3, -0.25) is 9.71 Å². The maximum Gasteiger partial charge on any atom is 0.264 e. The van der Waals surface area contributed by atoms with E-state index in [-0.39, 0.29) is 10.7 Å². The number of rotatable bonds is 3. The van der Waals surface area contributed by atoms with Crippen molar-refractivity contribution in [3.8, 4) is 0 Å². The van der Waals surface area contributed by atoms with E-state index in [0.29, 0.717) is 5.69 Å². The fourth-order valence-electron chi connectivity index (χ4n) is 1.37. The van der Waals surface area contributed by atoms with E-state index in [9.17, 15) is 8.42 Å². The highest BCUT2D eigenvalue weighted by molar-refractivity contribution is 7.92. The van der Waals surface area contributed by atoms with Gasteiger partial charge in [-0.15, -0.1) is 0 Å². The SMILES string of the molecule is Cc1ncccc1S(=O)(=O)Nc1ccccn1. The second kappa shape index (κ2) is 4.50. The molecule has 0 amide bonds. The average molecular weight is 249 g/mol. The largest absolute Gasteiger partial charge is 0.264 e. The molecule has 0 aromatic carbocycles. The second-order valence-corrected chi connectivity index (χ2v) is 5.06. The fraction of sp³-hybridized carbons (Fsp3) is 0.0909. The third-order valence-corrected chi connectivity index (χ3v) is 3.64. The molecule has 0 radical (unpaired) electrons. The molecule has 0 aliphatic rings. The molecule has 6 heteroatoms. The third kappa shape index (κ3) is 2.59. The van der Waals surface area contributed by atoms with Gasteiger partial charge in [-0.2, -0.15) is 0 Å². The van der Waals surface area contributed by atoms with Crippen LogP contribution in [0.2, 0.25) is 0 Å². The zero-order valence-electron chi connectivity index (χ0n) is 9.16. The molecule has 0 spiro atoms. The van der Waals surface area contributed by atoms with Crippen molar-refractivity contribution in [1.29, 1.82) is 0 Å². The van der Waals surface area contributed by atoms with Gasteiger partial charge < -0.3 is 0 Å². The molecule has 5 nitrogen and oxygen atoms in total. The summed E-state index contributed by atoms with van der Waals surface area (Å²) >= 11 is 0. The van der Waals surface area contributed by atoms with Gasteiger partial charge in [0.1, 0.15) is 10.7 Å². The number of pyridine rings is 2. The predicted octanol–water partition coefficient (Wildman–Crippen LogP) is 1.59. The molecule has 0 aliphatic carbocycles. The van der Waals surface area contributed by atoms with E-state index in [2.05, 4.69) is 14.7 Å². The Balaban J connectivity index is 2.36.